The molecule has 0 aromatic heterocycles. The standard InChI is InChI=1S/C35H28N2O3/c1-25-16-20-29(21-17-25)37-33(27-18-22-30(23-19-27)40-35(39)28-12-6-3-7-13-28)36(24-26-10-4-2-5-11-26)32-15-9-8-14-31(32)34(37)38/h2-23,33H,24H2,1H3/t33-/m0/s1. The van der Waals surface area contributed by atoms with Gasteiger partial charge in [-0.1, -0.05) is 90.5 Å². The van der Waals surface area contributed by atoms with Crippen LogP contribution in [0.3, 0.4) is 0 Å². The molecule has 1 atom stereocenters. The van der Waals surface area contributed by atoms with E-state index in [1.165, 1.54) is 0 Å². The predicted octanol–water partition coefficient (Wildman–Crippen LogP) is 7.58. The van der Waals surface area contributed by atoms with Crippen molar-refractivity contribution in [3.63, 3.8) is 0 Å². The Labute approximate surface area is 233 Å². The largest absolute Gasteiger partial charge is 0.423 e. The number of carbonyl (C=O) groups excluding carboxylic acids is 2. The fourth-order valence-electron chi connectivity index (χ4n) is 5.11. The molecule has 0 saturated carbocycles. The number of rotatable bonds is 6. The topological polar surface area (TPSA) is 49.9 Å². The summed E-state index contributed by atoms with van der Waals surface area (Å²) in [7, 11) is 0. The van der Waals surface area contributed by atoms with E-state index in [9.17, 15) is 9.59 Å². The molecule has 0 unspecified atom stereocenters. The summed E-state index contributed by atoms with van der Waals surface area (Å²) in [5, 5.41) is 0. The zero-order chi connectivity index (χ0) is 27.5. The Morgan fingerprint density at radius 1 is 0.725 bits per heavy atom. The summed E-state index contributed by atoms with van der Waals surface area (Å²) in [6.07, 6.45) is -0.427. The molecule has 0 fully saturated rings. The van der Waals surface area contributed by atoms with E-state index in [1.54, 1.807) is 36.4 Å². The number of benzene rings is 5. The van der Waals surface area contributed by atoms with Gasteiger partial charge in [-0.2, -0.15) is 0 Å². The summed E-state index contributed by atoms with van der Waals surface area (Å²) in [5.41, 5.74) is 5.99. The highest BCUT2D eigenvalue weighted by Crippen LogP contribution is 2.42. The lowest BCUT2D eigenvalue weighted by molar-refractivity contribution is 0.0734. The maximum absolute atomic E-state index is 14.1. The number of hydrogen-bond acceptors (Lipinski definition) is 4. The molecule has 5 nitrogen and oxygen atoms in total. The molecular weight excluding hydrogens is 496 g/mol. The van der Waals surface area contributed by atoms with Gasteiger partial charge in [0.2, 0.25) is 0 Å². The van der Waals surface area contributed by atoms with E-state index in [4.69, 9.17) is 4.74 Å². The molecule has 0 bridgehead atoms. The Balaban J connectivity index is 1.43. The van der Waals surface area contributed by atoms with Crippen LogP contribution in [0, 0.1) is 6.92 Å². The average molecular weight is 525 g/mol. The fraction of sp³-hybridized carbons (Fsp3) is 0.0857. The molecule has 5 aromatic carbocycles. The van der Waals surface area contributed by atoms with Gasteiger partial charge in [-0.05, 0) is 66.6 Å². The van der Waals surface area contributed by atoms with Gasteiger partial charge < -0.3 is 9.64 Å². The number of aryl methyl sites for hydroxylation is 1. The zero-order valence-corrected chi connectivity index (χ0v) is 22.1. The molecule has 0 saturated heterocycles. The van der Waals surface area contributed by atoms with Crippen LogP contribution in [0.5, 0.6) is 5.75 Å². The number of hydrogen-bond donors (Lipinski definition) is 0. The van der Waals surface area contributed by atoms with Crippen molar-refractivity contribution in [2.24, 2.45) is 0 Å². The summed E-state index contributed by atoms with van der Waals surface area (Å²) >= 11 is 0. The van der Waals surface area contributed by atoms with Crippen LogP contribution < -0.4 is 14.5 Å². The maximum atomic E-state index is 14.1. The summed E-state index contributed by atoms with van der Waals surface area (Å²) in [5.74, 6) is -0.0351. The number of carbonyl (C=O) groups is 2. The molecule has 5 aromatic rings. The van der Waals surface area contributed by atoms with Crippen LogP contribution in [0.4, 0.5) is 11.4 Å². The third kappa shape index (κ3) is 4.97. The lowest BCUT2D eigenvalue weighted by atomic mass is 9.99. The zero-order valence-electron chi connectivity index (χ0n) is 22.1. The second-order valence-corrected chi connectivity index (χ2v) is 9.84. The molecular formula is C35H28N2O3. The van der Waals surface area contributed by atoms with Gasteiger partial charge in [0.1, 0.15) is 11.9 Å². The van der Waals surface area contributed by atoms with Crippen LogP contribution in [0.2, 0.25) is 0 Å². The molecule has 0 spiro atoms. The van der Waals surface area contributed by atoms with Crippen LogP contribution in [0.15, 0.2) is 133 Å². The van der Waals surface area contributed by atoms with E-state index >= 15 is 0 Å². The first kappa shape index (κ1) is 25.1. The van der Waals surface area contributed by atoms with Crippen LogP contribution in [0.25, 0.3) is 0 Å². The van der Waals surface area contributed by atoms with Crippen LogP contribution in [-0.4, -0.2) is 11.9 Å². The van der Waals surface area contributed by atoms with Crippen LogP contribution in [-0.2, 0) is 6.54 Å². The van der Waals surface area contributed by atoms with E-state index in [0.717, 1.165) is 28.1 Å². The molecule has 0 radical (unpaired) electrons. The van der Waals surface area contributed by atoms with Crippen LogP contribution >= 0.6 is 0 Å². The number of esters is 1. The minimum Gasteiger partial charge on any atom is -0.423 e. The molecule has 0 aliphatic carbocycles. The van der Waals surface area contributed by atoms with E-state index in [1.807, 2.05) is 96.8 Å². The van der Waals surface area contributed by atoms with E-state index in [-0.39, 0.29) is 5.91 Å². The highest BCUT2D eigenvalue weighted by molar-refractivity contribution is 6.12. The van der Waals surface area contributed by atoms with Gasteiger partial charge in [-0.25, -0.2) is 4.79 Å². The summed E-state index contributed by atoms with van der Waals surface area (Å²) in [4.78, 5) is 30.8. The first-order valence-corrected chi connectivity index (χ1v) is 13.3. The van der Waals surface area contributed by atoms with Crippen molar-refractivity contribution in [2.75, 3.05) is 9.80 Å². The van der Waals surface area contributed by atoms with Crippen molar-refractivity contribution in [1.29, 1.82) is 0 Å². The van der Waals surface area contributed by atoms with Crippen molar-refractivity contribution in [3.8, 4) is 5.75 Å². The Bertz CT molecular complexity index is 1630. The third-order valence-electron chi connectivity index (χ3n) is 7.11. The summed E-state index contributed by atoms with van der Waals surface area (Å²) in [6, 6.07) is 42.4. The van der Waals surface area contributed by atoms with Gasteiger partial charge in [0, 0.05) is 12.2 Å². The quantitative estimate of drug-likeness (QED) is 0.170. The molecule has 196 valence electrons. The Hall–Kier alpha value is -5.16. The normalized spacial score (nSPS) is 14.5. The minimum atomic E-state index is -0.427. The first-order valence-electron chi connectivity index (χ1n) is 13.3. The Kier molecular flexibility index (Phi) is 6.86. The lowest BCUT2D eigenvalue weighted by Gasteiger charge is -2.46. The molecule has 0 N–H and O–H groups in total. The van der Waals surface area contributed by atoms with Gasteiger partial charge in [-0.15, -0.1) is 0 Å². The molecule has 40 heavy (non-hydrogen) atoms. The SMILES string of the molecule is Cc1ccc(N2C(=O)c3ccccc3N(Cc3ccccc3)[C@@H]2c2ccc(OC(=O)c3ccccc3)cc2)cc1. The second-order valence-electron chi connectivity index (χ2n) is 9.84. The van der Waals surface area contributed by atoms with E-state index in [0.29, 0.717) is 23.4 Å². The second kappa shape index (κ2) is 10.9. The molecule has 5 heteroatoms. The van der Waals surface area contributed by atoms with Crippen molar-refractivity contribution in [3.05, 3.63) is 161 Å². The molecule has 1 amide bonds. The van der Waals surface area contributed by atoms with Crippen molar-refractivity contribution in [1.82, 2.24) is 0 Å². The highest BCUT2D eigenvalue weighted by Gasteiger charge is 2.39. The fourth-order valence-corrected chi connectivity index (χ4v) is 5.11. The van der Waals surface area contributed by atoms with Gasteiger partial charge in [0.05, 0.1) is 16.8 Å². The predicted molar refractivity (Wildman–Crippen MR) is 158 cm³/mol. The third-order valence-corrected chi connectivity index (χ3v) is 7.11. The van der Waals surface area contributed by atoms with Crippen LogP contribution in [0.1, 0.15) is 43.6 Å². The average Bonchev–Trinajstić information content (AvgIpc) is 3.00. The van der Waals surface area contributed by atoms with Gasteiger partial charge in [0.25, 0.3) is 5.91 Å². The molecule has 6 rings (SSSR count). The molecule has 1 aliphatic rings. The van der Waals surface area contributed by atoms with E-state index < -0.39 is 12.1 Å². The van der Waals surface area contributed by atoms with Crippen molar-refractivity contribution in [2.45, 2.75) is 19.6 Å². The van der Waals surface area contributed by atoms with Crippen molar-refractivity contribution < 1.29 is 14.3 Å². The lowest BCUT2D eigenvalue weighted by Crippen LogP contribution is -2.49. The number of anilines is 2. The number of fused-ring (bicyclic) bond motifs is 1. The smallest absolute Gasteiger partial charge is 0.343 e. The number of para-hydroxylation sites is 1. The van der Waals surface area contributed by atoms with E-state index in [2.05, 4.69) is 17.0 Å². The van der Waals surface area contributed by atoms with Gasteiger partial charge in [-0.3, -0.25) is 9.69 Å². The Morgan fingerprint density at radius 2 is 1.35 bits per heavy atom. The minimum absolute atomic E-state index is 0.0617. The number of ether oxygens (including phenoxy) is 1. The van der Waals surface area contributed by atoms with Gasteiger partial charge in [0.15, 0.2) is 0 Å². The summed E-state index contributed by atoms with van der Waals surface area (Å²) < 4.78 is 5.63. The molecule has 1 heterocycles. The maximum Gasteiger partial charge on any atom is 0.343 e. The number of nitrogens with zero attached hydrogens (tertiary/aromatic N) is 2. The number of amides is 1. The van der Waals surface area contributed by atoms with Crippen molar-refractivity contribution >= 4 is 23.3 Å². The highest BCUT2D eigenvalue weighted by atomic mass is 16.5. The monoisotopic (exact) mass is 524 g/mol. The molecule has 1 aliphatic heterocycles. The first-order chi connectivity index (χ1) is 19.6. The van der Waals surface area contributed by atoms with Gasteiger partial charge >= 0.3 is 5.97 Å². The Morgan fingerprint density at radius 3 is 2.05 bits per heavy atom. The summed E-state index contributed by atoms with van der Waals surface area (Å²) in [6.45, 7) is 2.63.